The number of amides is 3. The summed E-state index contributed by atoms with van der Waals surface area (Å²) in [4.78, 5) is 46.8. The van der Waals surface area contributed by atoms with E-state index in [0.717, 1.165) is 63.5 Å². The summed E-state index contributed by atoms with van der Waals surface area (Å²) >= 11 is 0. The molecule has 2 fully saturated rings. The topological polar surface area (TPSA) is 96.7 Å². The highest BCUT2D eigenvalue weighted by molar-refractivity contribution is 6.08. The minimum Gasteiger partial charge on any atom is -0.366 e. The van der Waals surface area contributed by atoms with Gasteiger partial charge in [0, 0.05) is 59.2 Å². The van der Waals surface area contributed by atoms with Crippen molar-refractivity contribution in [3.05, 3.63) is 12.1 Å². The van der Waals surface area contributed by atoms with Gasteiger partial charge in [-0.1, -0.05) is 0 Å². The zero-order valence-electron chi connectivity index (χ0n) is 18.5. The van der Waals surface area contributed by atoms with Gasteiger partial charge in [0.05, 0.1) is 11.7 Å². The highest BCUT2D eigenvalue weighted by atomic mass is 16.2. The largest absolute Gasteiger partial charge is 0.366 e. The summed E-state index contributed by atoms with van der Waals surface area (Å²) in [5, 5.41) is 2.99. The van der Waals surface area contributed by atoms with Crippen molar-refractivity contribution in [3.63, 3.8) is 0 Å². The van der Waals surface area contributed by atoms with Crippen LogP contribution in [0.4, 0.5) is 22.1 Å². The number of amidine groups is 1. The SMILES string of the molecule is CC(=O)N1CCCN(c2ccc3c(n2)N(C(=O)NC2=NC=NCC2)[C@H]2CCCN3C2)CC1. The Morgan fingerprint density at radius 2 is 1.94 bits per heavy atom. The van der Waals surface area contributed by atoms with E-state index in [9.17, 15) is 9.59 Å². The molecule has 0 unspecified atom stereocenters. The van der Waals surface area contributed by atoms with Gasteiger partial charge < -0.3 is 14.7 Å². The lowest BCUT2D eigenvalue weighted by atomic mass is 10.00. The van der Waals surface area contributed by atoms with Gasteiger partial charge >= 0.3 is 6.03 Å². The quantitative estimate of drug-likeness (QED) is 0.716. The molecule has 4 aliphatic rings. The summed E-state index contributed by atoms with van der Waals surface area (Å²) in [6.07, 6.45) is 5.05. The second kappa shape index (κ2) is 8.76. The Balaban J connectivity index is 1.43. The molecule has 32 heavy (non-hydrogen) atoms. The van der Waals surface area contributed by atoms with Crippen molar-refractivity contribution in [2.24, 2.45) is 9.98 Å². The Labute approximate surface area is 188 Å². The number of carbonyl (C=O) groups excluding carboxylic acids is 2. The van der Waals surface area contributed by atoms with Crippen LogP contribution in [0.1, 0.15) is 32.6 Å². The van der Waals surface area contributed by atoms with E-state index < -0.39 is 0 Å². The molecular weight excluding hydrogens is 408 g/mol. The first kappa shape index (κ1) is 20.7. The molecule has 170 valence electrons. The third-order valence-electron chi connectivity index (χ3n) is 6.68. The maximum Gasteiger partial charge on any atom is 0.328 e. The predicted octanol–water partition coefficient (Wildman–Crippen LogP) is 1.47. The Morgan fingerprint density at radius 1 is 1.06 bits per heavy atom. The van der Waals surface area contributed by atoms with E-state index in [4.69, 9.17) is 4.98 Å². The summed E-state index contributed by atoms with van der Waals surface area (Å²) in [5.41, 5.74) is 1.01. The van der Waals surface area contributed by atoms with Crippen LogP contribution in [0.3, 0.4) is 0 Å². The molecule has 1 N–H and O–H groups in total. The molecule has 1 aromatic heterocycles. The Bertz CT molecular complexity index is 961. The maximum absolute atomic E-state index is 13.4. The first-order valence-corrected chi connectivity index (χ1v) is 11.5. The highest BCUT2D eigenvalue weighted by Gasteiger charge is 2.39. The van der Waals surface area contributed by atoms with Gasteiger partial charge in [0.1, 0.15) is 18.0 Å². The molecule has 10 heteroatoms. The van der Waals surface area contributed by atoms with E-state index >= 15 is 0 Å². The fourth-order valence-electron chi connectivity index (χ4n) is 4.99. The summed E-state index contributed by atoms with van der Waals surface area (Å²) in [7, 11) is 0. The molecule has 4 aliphatic heterocycles. The standard InChI is InChI=1S/C22H30N8O2/c1-16(31)27-10-3-11-28(13-12-27)20-6-5-18-21(26-20)30(17-4-2-9-29(18)14-17)22(32)25-19-7-8-23-15-24-19/h5-6,15,17H,2-4,7-14H2,1H3,(H,23,24,25,32)/t17-/m0/s1. The van der Waals surface area contributed by atoms with E-state index in [1.165, 1.54) is 6.34 Å². The molecule has 0 saturated carbocycles. The van der Waals surface area contributed by atoms with E-state index in [1.807, 2.05) is 9.80 Å². The molecule has 2 bridgehead atoms. The van der Waals surface area contributed by atoms with Crippen molar-refractivity contribution in [1.82, 2.24) is 15.2 Å². The average Bonchev–Trinajstić information content (AvgIpc) is 3.06. The molecule has 0 aromatic carbocycles. The van der Waals surface area contributed by atoms with E-state index in [1.54, 1.807) is 6.92 Å². The van der Waals surface area contributed by atoms with E-state index in [-0.39, 0.29) is 18.0 Å². The fraction of sp³-hybridized carbons (Fsp3) is 0.591. The number of fused-ring (bicyclic) bond motifs is 4. The van der Waals surface area contributed by atoms with Crippen LogP contribution in [-0.2, 0) is 4.79 Å². The summed E-state index contributed by atoms with van der Waals surface area (Å²) in [6, 6.07) is 4.07. The van der Waals surface area contributed by atoms with Crippen molar-refractivity contribution in [2.75, 3.05) is 60.5 Å². The normalized spacial score (nSPS) is 22.8. The van der Waals surface area contributed by atoms with Crippen molar-refractivity contribution in [1.29, 1.82) is 0 Å². The number of hydrogen-bond donors (Lipinski definition) is 1. The van der Waals surface area contributed by atoms with Crippen LogP contribution in [0.15, 0.2) is 22.1 Å². The van der Waals surface area contributed by atoms with Crippen LogP contribution in [0.5, 0.6) is 0 Å². The van der Waals surface area contributed by atoms with Gasteiger partial charge in [-0.2, -0.15) is 0 Å². The van der Waals surface area contributed by atoms with Gasteiger partial charge in [0.15, 0.2) is 5.82 Å². The number of aliphatic imine (C=N–C) groups is 2. The average molecular weight is 439 g/mol. The number of carbonyl (C=O) groups is 2. The summed E-state index contributed by atoms with van der Waals surface area (Å²) in [6.45, 7) is 7.11. The second-order valence-corrected chi connectivity index (χ2v) is 8.75. The van der Waals surface area contributed by atoms with E-state index in [2.05, 4.69) is 37.2 Å². The van der Waals surface area contributed by atoms with Gasteiger partial charge in [-0.3, -0.25) is 20.0 Å². The molecule has 5 heterocycles. The Hall–Kier alpha value is -3.17. The molecule has 3 amide bonds. The molecule has 1 atom stereocenters. The zero-order chi connectivity index (χ0) is 22.1. The lowest BCUT2D eigenvalue weighted by Gasteiger charge is -2.46. The first-order chi connectivity index (χ1) is 15.6. The molecule has 5 rings (SSSR count). The number of nitrogens with one attached hydrogen (secondary N) is 1. The van der Waals surface area contributed by atoms with Crippen LogP contribution >= 0.6 is 0 Å². The number of anilines is 3. The van der Waals surface area contributed by atoms with Crippen LogP contribution in [-0.4, -0.2) is 85.9 Å². The van der Waals surface area contributed by atoms with Crippen LogP contribution < -0.4 is 20.0 Å². The smallest absolute Gasteiger partial charge is 0.328 e. The molecule has 0 radical (unpaired) electrons. The second-order valence-electron chi connectivity index (χ2n) is 8.75. The molecule has 10 nitrogen and oxygen atoms in total. The summed E-state index contributed by atoms with van der Waals surface area (Å²) < 4.78 is 0. The Morgan fingerprint density at radius 3 is 2.75 bits per heavy atom. The highest BCUT2D eigenvalue weighted by Crippen LogP contribution is 2.39. The molecular formula is C22H30N8O2. The van der Waals surface area contributed by atoms with Gasteiger partial charge in [0.2, 0.25) is 5.91 Å². The number of pyridine rings is 1. The zero-order valence-corrected chi connectivity index (χ0v) is 18.5. The number of urea groups is 1. The van der Waals surface area contributed by atoms with Crippen LogP contribution in [0.25, 0.3) is 0 Å². The third kappa shape index (κ3) is 4.01. The number of aromatic nitrogens is 1. The van der Waals surface area contributed by atoms with E-state index in [0.29, 0.717) is 31.2 Å². The molecule has 0 aliphatic carbocycles. The van der Waals surface area contributed by atoms with Crippen molar-refractivity contribution in [2.45, 2.75) is 38.6 Å². The van der Waals surface area contributed by atoms with Crippen molar-refractivity contribution in [3.8, 4) is 0 Å². The fourth-order valence-corrected chi connectivity index (χ4v) is 4.99. The summed E-state index contributed by atoms with van der Waals surface area (Å²) in [5.74, 6) is 2.34. The Kier molecular flexibility index (Phi) is 5.67. The lowest BCUT2D eigenvalue weighted by Crippen LogP contribution is -2.58. The predicted molar refractivity (Wildman–Crippen MR) is 125 cm³/mol. The van der Waals surface area contributed by atoms with Gasteiger partial charge in [-0.05, 0) is 31.4 Å². The number of nitrogens with zero attached hydrogens (tertiary/aromatic N) is 7. The molecule has 0 spiro atoms. The van der Waals surface area contributed by atoms with Crippen LogP contribution in [0.2, 0.25) is 0 Å². The molecule has 1 aromatic rings. The molecule has 2 saturated heterocycles. The van der Waals surface area contributed by atoms with Crippen molar-refractivity contribution >= 4 is 41.4 Å². The first-order valence-electron chi connectivity index (χ1n) is 11.5. The monoisotopic (exact) mass is 438 g/mol. The van der Waals surface area contributed by atoms with Gasteiger partial charge in [0.25, 0.3) is 0 Å². The third-order valence-corrected chi connectivity index (χ3v) is 6.68. The minimum atomic E-state index is -0.171. The number of hydrogen-bond acceptors (Lipinski definition) is 7. The minimum absolute atomic E-state index is 0.0918. The lowest BCUT2D eigenvalue weighted by molar-refractivity contribution is -0.128. The van der Waals surface area contributed by atoms with Gasteiger partial charge in [-0.25, -0.2) is 14.8 Å². The maximum atomic E-state index is 13.4. The number of piperidine rings is 1. The van der Waals surface area contributed by atoms with Gasteiger partial charge in [-0.15, -0.1) is 0 Å². The van der Waals surface area contributed by atoms with Crippen molar-refractivity contribution < 1.29 is 9.59 Å². The van der Waals surface area contributed by atoms with Crippen LogP contribution in [0, 0.1) is 0 Å². The number of rotatable bonds is 1.